The van der Waals surface area contributed by atoms with Gasteiger partial charge in [0.25, 0.3) is 0 Å². The first-order valence-electron chi connectivity index (χ1n) is 7.63. The fraction of sp³-hybridized carbons (Fsp3) is 0.800. The Labute approximate surface area is 131 Å². The van der Waals surface area contributed by atoms with E-state index in [2.05, 4.69) is 10.6 Å². The maximum absolute atomic E-state index is 12.2. The van der Waals surface area contributed by atoms with E-state index in [0.29, 0.717) is 12.8 Å². The zero-order chi connectivity index (χ0) is 16.8. The van der Waals surface area contributed by atoms with E-state index in [-0.39, 0.29) is 25.6 Å². The van der Waals surface area contributed by atoms with Crippen LogP contribution in [0, 0.1) is 5.41 Å². The molecule has 1 aliphatic rings. The molecule has 1 fully saturated rings. The zero-order valence-corrected chi connectivity index (χ0v) is 13.8. The average Bonchev–Trinajstić information content (AvgIpc) is 2.31. The first kappa shape index (κ1) is 18.3. The number of amides is 2. The summed E-state index contributed by atoms with van der Waals surface area (Å²) in [6, 6.07) is 0. The number of alkyl carbamates (subject to hydrolysis) is 1. The number of esters is 1. The number of carbonyl (C=O) groups is 3. The minimum absolute atomic E-state index is 0.235. The number of ether oxygens (including phenoxy) is 2. The Morgan fingerprint density at radius 3 is 2.14 bits per heavy atom. The quantitative estimate of drug-likeness (QED) is 0.438. The predicted molar refractivity (Wildman–Crippen MR) is 80.2 cm³/mol. The van der Waals surface area contributed by atoms with Crippen molar-refractivity contribution in [3.8, 4) is 0 Å². The van der Waals surface area contributed by atoms with Crippen LogP contribution < -0.4 is 10.6 Å². The van der Waals surface area contributed by atoms with Crippen LogP contribution in [0.25, 0.3) is 0 Å². The molecule has 2 N–H and O–H groups in total. The van der Waals surface area contributed by atoms with E-state index >= 15 is 0 Å². The maximum atomic E-state index is 12.2. The summed E-state index contributed by atoms with van der Waals surface area (Å²) in [4.78, 5) is 35.5. The highest BCUT2D eigenvalue weighted by Gasteiger charge is 2.51. The highest BCUT2D eigenvalue weighted by molar-refractivity contribution is 6.03. The summed E-state index contributed by atoms with van der Waals surface area (Å²) in [5, 5.41) is 5.22. The molecule has 0 atom stereocenters. The van der Waals surface area contributed by atoms with Crippen LogP contribution in [0.2, 0.25) is 0 Å². The van der Waals surface area contributed by atoms with Crippen molar-refractivity contribution in [3.05, 3.63) is 0 Å². The smallest absolute Gasteiger partial charge is 0.407 e. The van der Waals surface area contributed by atoms with E-state index in [1.807, 2.05) is 0 Å². The lowest BCUT2D eigenvalue weighted by Crippen LogP contribution is -2.52. The number of hydrogen-bond acceptors (Lipinski definition) is 5. The van der Waals surface area contributed by atoms with E-state index in [4.69, 9.17) is 9.47 Å². The van der Waals surface area contributed by atoms with Crippen LogP contribution in [0.4, 0.5) is 4.79 Å². The van der Waals surface area contributed by atoms with Gasteiger partial charge in [0.15, 0.2) is 0 Å². The molecule has 0 radical (unpaired) electrons. The Morgan fingerprint density at radius 1 is 1.09 bits per heavy atom. The summed E-state index contributed by atoms with van der Waals surface area (Å²) in [5.74, 6) is -0.790. The Balaban J connectivity index is 2.34. The third kappa shape index (κ3) is 4.89. The van der Waals surface area contributed by atoms with Crippen molar-refractivity contribution >= 4 is 18.0 Å². The number of nitrogens with one attached hydrogen (secondary N) is 2. The largest absolute Gasteiger partial charge is 0.465 e. The molecule has 2 amide bonds. The van der Waals surface area contributed by atoms with Gasteiger partial charge in [0.2, 0.25) is 5.91 Å². The highest BCUT2D eigenvalue weighted by atomic mass is 16.6. The second-order valence-electron chi connectivity index (χ2n) is 6.34. The molecular weight excluding hydrogens is 288 g/mol. The lowest BCUT2D eigenvalue weighted by atomic mass is 9.68. The Hall–Kier alpha value is -1.79. The Morgan fingerprint density at radius 2 is 1.68 bits per heavy atom. The zero-order valence-electron chi connectivity index (χ0n) is 13.8. The minimum Gasteiger partial charge on any atom is -0.465 e. The minimum atomic E-state index is -1.04. The van der Waals surface area contributed by atoms with Crippen molar-refractivity contribution in [2.24, 2.45) is 5.41 Å². The van der Waals surface area contributed by atoms with E-state index < -0.39 is 23.1 Å². The molecule has 1 aliphatic carbocycles. The molecular formula is C15H26N2O5. The van der Waals surface area contributed by atoms with Crippen LogP contribution >= 0.6 is 0 Å². The fourth-order valence-electron chi connectivity index (χ4n) is 2.15. The molecule has 7 heteroatoms. The summed E-state index contributed by atoms with van der Waals surface area (Å²) in [5.41, 5.74) is -1.60. The topological polar surface area (TPSA) is 93.7 Å². The first-order chi connectivity index (χ1) is 10.2. The van der Waals surface area contributed by atoms with Gasteiger partial charge in [0.05, 0.1) is 6.61 Å². The Kier molecular flexibility index (Phi) is 6.20. The maximum Gasteiger partial charge on any atom is 0.407 e. The molecule has 22 heavy (non-hydrogen) atoms. The van der Waals surface area contributed by atoms with E-state index in [1.54, 1.807) is 27.7 Å². The lowest BCUT2D eigenvalue weighted by molar-refractivity contribution is -0.167. The summed E-state index contributed by atoms with van der Waals surface area (Å²) in [6.45, 7) is 7.76. The van der Waals surface area contributed by atoms with Gasteiger partial charge in [-0.2, -0.15) is 0 Å². The van der Waals surface area contributed by atoms with E-state index in [0.717, 1.165) is 6.42 Å². The molecule has 0 aromatic heterocycles. The standard InChI is InChI=1S/C15H26N2O5/c1-5-21-12(19)15(7-6-8-15)11(18)16-9-10-17-13(20)22-14(2,3)4/h5-10H2,1-4H3,(H,16,18)(H,17,20). The molecule has 1 rings (SSSR count). The lowest BCUT2D eigenvalue weighted by Gasteiger charge is -2.37. The van der Waals surface area contributed by atoms with Crippen LogP contribution in [-0.4, -0.2) is 43.3 Å². The monoisotopic (exact) mass is 314 g/mol. The molecule has 0 saturated heterocycles. The summed E-state index contributed by atoms with van der Waals surface area (Å²) >= 11 is 0. The third-order valence-corrected chi connectivity index (χ3v) is 3.39. The van der Waals surface area contributed by atoms with Crippen molar-refractivity contribution in [2.45, 2.75) is 52.6 Å². The van der Waals surface area contributed by atoms with E-state index in [1.165, 1.54) is 0 Å². The molecule has 126 valence electrons. The summed E-state index contributed by atoms with van der Waals surface area (Å²) < 4.78 is 10.1. The first-order valence-corrected chi connectivity index (χ1v) is 7.63. The molecule has 0 bridgehead atoms. The van der Waals surface area contributed by atoms with Crippen molar-refractivity contribution in [3.63, 3.8) is 0 Å². The fourth-order valence-corrected chi connectivity index (χ4v) is 2.15. The summed E-state index contributed by atoms with van der Waals surface area (Å²) in [6.07, 6.45) is 1.32. The number of rotatable bonds is 6. The van der Waals surface area contributed by atoms with Gasteiger partial charge in [0, 0.05) is 13.1 Å². The molecule has 0 aromatic rings. The molecule has 0 aliphatic heterocycles. The second kappa shape index (κ2) is 7.47. The van der Waals surface area contributed by atoms with Crippen molar-refractivity contribution in [1.82, 2.24) is 10.6 Å². The third-order valence-electron chi connectivity index (χ3n) is 3.39. The summed E-state index contributed by atoms with van der Waals surface area (Å²) in [7, 11) is 0. The molecule has 0 unspecified atom stereocenters. The van der Waals surface area contributed by atoms with E-state index in [9.17, 15) is 14.4 Å². The highest BCUT2D eigenvalue weighted by Crippen LogP contribution is 2.42. The molecule has 0 spiro atoms. The molecule has 0 heterocycles. The molecule has 7 nitrogen and oxygen atoms in total. The molecule has 1 saturated carbocycles. The van der Waals surface area contributed by atoms with Crippen LogP contribution in [0.3, 0.4) is 0 Å². The van der Waals surface area contributed by atoms with Gasteiger partial charge in [-0.1, -0.05) is 6.42 Å². The van der Waals surface area contributed by atoms with Crippen molar-refractivity contribution in [2.75, 3.05) is 19.7 Å². The van der Waals surface area contributed by atoms with Gasteiger partial charge in [-0.3, -0.25) is 9.59 Å². The van der Waals surface area contributed by atoms with Crippen LogP contribution in [0.5, 0.6) is 0 Å². The van der Waals surface area contributed by atoms with Crippen LogP contribution in [-0.2, 0) is 19.1 Å². The van der Waals surface area contributed by atoms with Crippen LogP contribution in [0.1, 0.15) is 47.0 Å². The molecule has 0 aromatic carbocycles. The SMILES string of the molecule is CCOC(=O)C1(C(=O)NCCNC(=O)OC(C)(C)C)CCC1. The normalized spacial score (nSPS) is 16.2. The number of carbonyl (C=O) groups excluding carboxylic acids is 3. The average molecular weight is 314 g/mol. The van der Waals surface area contributed by atoms with Gasteiger partial charge >= 0.3 is 12.1 Å². The van der Waals surface area contributed by atoms with Gasteiger partial charge in [-0.15, -0.1) is 0 Å². The van der Waals surface area contributed by atoms with Crippen molar-refractivity contribution in [1.29, 1.82) is 0 Å². The Bertz CT molecular complexity index is 424. The van der Waals surface area contributed by atoms with Gasteiger partial charge < -0.3 is 20.1 Å². The predicted octanol–water partition coefficient (Wildman–Crippen LogP) is 1.36. The second-order valence-corrected chi connectivity index (χ2v) is 6.34. The van der Waals surface area contributed by atoms with Gasteiger partial charge in [-0.05, 0) is 40.5 Å². The van der Waals surface area contributed by atoms with Crippen molar-refractivity contribution < 1.29 is 23.9 Å². The van der Waals surface area contributed by atoms with Crippen LogP contribution in [0.15, 0.2) is 0 Å². The number of hydrogen-bond donors (Lipinski definition) is 2. The van der Waals surface area contributed by atoms with Gasteiger partial charge in [0.1, 0.15) is 11.0 Å². The van der Waals surface area contributed by atoms with Gasteiger partial charge in [-0.25, -0.2) is 4.79 Å².